The van der Waals surface area contributed by atoms with Crippen LogP contribution < -0.4 is 5.32 Å². The molecule has 1 heterocycles. The molecular weight excluding hydrogens is 543 g/mol. The van der Waals surface area contributed by atoms with E-state index in [4.69, 9.17) is 23.2 Å². The van der Waals surface area contributed by atoms with Gasteiger partial charge < -0.3 is 5.32 Å². The van der Waals surface area contributed by atoms with Gasteiger partial charge >= 0.3 is 0 Å². The van der Waals surface area contributed by atoms with Crippen LogP contribution in [0.3, 0.4) is 0 Å². The standard InChI is InChI=1S/C24H19BrCl2N4OS/c1-15-3-2-4-17(11-15)23(32)28-13-22-29-30-24(33-14-16-5-7-18(25)8-6-16)31(22)19-9-10-20(26)21(27)12-19/h2-12H,13-14H2,1H3,(H,28,32). The fraction of sp³-hybridized carbons (Fsp3) is 0.125. The summed E-state index contributed by atoms with van der Waals surface area (Å²) in [6.45, 7) is 2.16. The first kappa shape index (κ1) is 23.8. The lowest BCUT2D eigenvalue weighted by molar-refractivity contribution is 0.0949. The quantitative estimate of drug-likeness (QED) is 0.250. The fourth-order valence-corrected chi connectivity index (χ4v) is 4.65. The molecule has 0 aliphatic heterocycles. The van der Waals surface area contributed by atoms with Gasteiger partial charge in [-0.1, -0.05) is 80.7 Å². The minimum atomic E-state index is -0.175. The summed E-state index contributed by atoms with van der Waals surface area (Å²) in [5.74, 6) is 1.13. The van der Waals surface area contributed by atoms with Crippen molar-refractivity contribution in [3.63, 3.8) is 0 Å². The topological polar surface area (TPSA) is 59.8 Å². The molecule has 0 fully saturated rings. The third-order valence-corrected chi connectivity index (χ3v) is 7.10. The Morgan fingerprint density at radius 2 is 1.82 bits per heavy atom. The maximum atomic E-state index is 12.6. The lowest BCUT2D eigenvalue weighted by Gasteiger charge is -2.12. The molecule has 0 atom stereocenters. The maximum absolute atomic E-state index is 12.6. The highest BCUT2D eigenvalue weighted by atomic mass is 79.9. The summed E-state index contributed by atoms with van der Waals surface area (Å²) in [5, 5.41) is 13.3. The molecule has 4 aromatic rings. The van der Waals surface area contributed by atoms with Crippen molar-refractivity contribution in [1.82, 2.24) is 20.1 Å². The Hall–Kier alpha value is -2.32. The molecule has 0 unspecified atom stereocenters. The van der Waals surface area contributed by atoms with E-state index >= 15 is 0 Å². The van der Waals surface area contributed by atoms with Crippen molar-refractivity contribution in [2.24, 2.45) is 0 Å². The number of aromatic nitrogens is 3. The van der Waals surface area contributed by atoms with Crippen LogP contribution in [-0.4, -0.2) is 20.7 Å². The summed E-state index contributed by atoms with van der Waals surface area (Å²) in [5.41, 5.74) is 3.54. The second-order valence-corrected chi connectivity index (χ2v) is 9.97. The zero-order valence-electron chi connectivity index (χ0n) is 17.6. The molecule has 0 saturated heterocycles. The summed E-state index contributed by atoms with van der Waals surface area (Å²) in [4.78, 5) is 12.6. The second-order valence-electron chi connectivity index (χ2n) is 7.30. The number of amides is 1. The number of thioether (sulfide) groups is 1. The van der Waals surface area contributed by atoms with Crippen molar-refractivity contribution in [2.45, 2.75) is 24.4 Å². The van der Waals surface area contributed by atoms with E-state index < -0.39 is 0 Å². The van der Waals surface area contributed by atoms with E-state index in [9.17, 15) is 4.79 Å². The van der Waals surface area contributed by atoms with E-state index in [-0.39, 0.29) is 12.5 Å². The van der Waals surface area contributed by atoms with Gasteiger partial charge in [0.25, 0.3) is 5.91 Å². The van der Waals surface area contributed by atoms with E-state index in [1.165, 1.54) is 0 Å². The molecule has 0 radical (unpaired) electrons. The third-order valence-electron chi connectivity index (χ3n) is 4.83. The van der Waals surface area contributed by atoms with E-state index in [2.05, 4.69) is 43.6 Å². The Kier molecular flexibility index (Phi) is 7.75. The Balaban J connectivity index is 1.59. The van der Waals surface area contributed by atoms with Gasteiger partial charge in [-0.3, -0.25) is 9.36 Å². The molecule has 0 aliphatic rings. The molecule has 0 aliphatic carbocycles. The number of carbonyl (C=O) groups excluding carboxylic acids is 1. The number of nitrogens with one attached hydrogen (secondary N) is 1. The average Bonchev–Trinajstić information content (AvgIpc) is 3.21. The first-order chi connectivity index (χ1) is 15.9. The van der Waals surface area contributed by atoms with Crippen LogP contribution in [0.25, 0.3) is 5.69 Å². The molecule has 1 N–H and O–H groups in total. The van der Waals surface area contributed by atoms with Crippen LogP contribution in [0.4, 0.5) is 0 Å². The summed E-state index contributed by atoms with van der Waals surface area (Å²) >= 11 is 17.4. The van der Waals surface area contributed by atoms with Gasteiger partial charge in [-0.15, -0.1) is 10.2 Å². The monoisotopic (exact) mass is 560 g/mol. The minimum absolute atomic E-state index is 0.175. The number of hydrogen-bond donors (Lipinski definition) is 1. The minimum Gasteiger partial charge on any atom is -0.345 e. The Morgan fingerprint density at radius 3 is 2.55 bits per heavy atom. The van der Waals surface area contributed by atoms with Gasteiger partial charge in [-0.2, -0.15) is 0 Å². The molecule has 0 spiro atoms. The number of halogens is 3. The van der Waals surface area contributed by atoms with Crippen molar-refractivity contribution in [3.05, 3.63) is 104 Å². The second kappa shape index (κ2) is 10.7. The van der Waals surface area contributed by atoms with E-state index in [1.807, 2.05) is 47.9 Å². The van der Waals surface area contributed by atoms with Crippen LogP contribution in [0.15, 0.2) is 76.4 Å². The van der Waals surface area contributed by atoms with Gasteiger partial charge in [0.15, 0.2) is 11.0 Å². The van der Waals surface area contributed by atoms with Crippen molar-refractivity contribution < 1.29 is 4.79 Å². The predicted molar refractivity (Wildman–Crippen MR) is 137 cm³/mol. The largest absolute Gasteiger partial charge is 0.345 e. The summed E-state index contributed by atoms with van der Waals surface area (Å²) in [6.07, 6.45) is 0. The molecule has 1 amide bonds. The number of carbonyl (C=O) groups is 1. The van der Waals surface area contributed by atoms with E-state index in [0.29, 0.717) is 32.3 Å². The zero-order valence-corrected chi connectivity index (χ0v) is 21.5. The van der Waals surface area contributed by atoms with Crippen LogP contribution in [0, 0.1) is 6.92 Å². The summed E-state index contributed by atoms with van der Waals surface area (Å²) in [7, 11) is 0. The number of hydrogen-bond acceptors (Lipinski definition) is 4. The van der Waals surface area contributed by atoms with Gasteiger partial charge in [-0.05, 0) is 55.0 Å². The molecule has 0 saturated carbocycles. The van der Waals surface area contributed by atoms with Gasteiger partial charge in [0.1, 0.15) is 0 Å². The number of benzene rings is 3. The van der Waals surface area contributed by atoms with Gasteiger partial charge in [0, 0.05) is 15.8 Å². The molecule has 3 aromatic carbocycles. The van der Waals surface area contributed by atoms with E-state index in [0.717, 1.165) is 21.3 Å². The van der Waals surface area contributed by atoms with Gasteiger partial charge in [0.05, 0.1) is 22.3 Å². The highest BCUT2D eigenvalue weighted by Gasteiger charge is 2.17. The molecule has 1 aromatic heterocycles. The molecule has 5 nitrogen and oxygen atoms in total. The van der Waals surface area contributed by atoms with Crippen molar-refractivity contribution in [2.75, 3.05) is 0 Å². The lowest BCUT2D eigenvalue weighted by atomic mass is 10.1. The van der Waals surface area contributed by atoms with Crippen molar-refractivity contribution in [1.29, 1.82) is 0 Å². The van der Waals surface area contributed by atoms with Gasteiger partial charge in [-0.25, -0.2) is 0 Å². The molecule has 9 heteroatoms. The van der Waals surface area contributed by atoms with Crippen LogP contribution in [0.2, 0.25) is 10.0 Å². The first-order valence-electron chi connectivity index (χ1n) is 10.0. The fourth-order valence-electron chi connectivity index (χ4n) is 3.17. The number of rotatable bonds is 7. The number of nitrogens with zero attached hydrogens (tertiary/aromatic N) is 3. The van der Waals surface area contributed by atoms with Crippen LogP contribution >= 0.6 is 50.9 Å². The molecule has 33 heavy (non-hydrogen) atoms. The van der Waals surface area contributed by atoms with Gasteiger partial charge in [0.2, 0.25) is 0 Å². The number of aryl methyl sites for hydroxylation is 1. The van der Waals surface area contributed by atoms with Crippen molar-refractivity contribution >= 4 is 56.8 Å². The summed E-state index contributed by atoms with van der Waals surface area (Å²) in [6, 6.07) is 20.9. The Morgan fingerprint density at radius 1 is 1.03 bits per heavy atom. The normalized spacial score (nSPS) is 10.9. The SMILES string of the molecule is Cc1cccc(C(=O)NCc2nnc(SCc3ccc(Br)cc3)n2-c2ccc(Cl)c(Cl)c2)c1. The smallest absolute Gasteiger partial charge is 0.251 e. The highest BCUT2D eigenvalue weighted by Crippen LogP contribution is 2.29. The van der Waals surface area contributed by atoms with Crippen LogP contribution in [-0.2, 0) is 12.3 Å². The Bertz CT molecular complexity index is 1290. The third kappa shape index (κ3) is 5.98. The van der Waals surface area contributed by atoms with Crippen molar-refractivity contribution in [3.8, 4) is 5.69 Å². The molecule has 168 valence electrons. The molecule has 0 bridgehead atoms. The van der Waals surface area contributed by atoms with Crippen LogP contribution in [0.5, 0.6) is 0 Å². The lowest BCUT2D eigenvalue weighted by Crippen LogP contribution is -2.24. The molecular formula is C24H19BrCl2N4OS. The first-order valence-corrected chi connectivity index (χ1v) is 12.6. The van der Waals surface area contributed by atoms with E-state index in [1.54, 1.807) is 30.0 Å². The Labute approximate surface area is 214 Å². The molecule has 4 rings (SSSR count). The highest BCUT2D eigenvalue weighted by molar-refractivity contribution is 9.10. The zero-order chi connectivity index (χ0) is 23.4. The summed E-state index contributed by atoms with van der Waals surface area (Å²) < 4.78 is 2.92. The average molecular weight is 562 g/mol. The maximum Gasteiger partial charge on any atom is 0.251 e. The van der Waals surface area contributed by atoms with Crippen LogP contribution in [0.1, 0.15) is 27.3 Å². The predicted octanol–water partition coefficient (Wildman–Crippen LogP) is 6.87.